The first kappa shape index (κ1) is 12.7. The first-order chi connectivity index (χ1) is 7.22. The molecule has 3 heteroatoms. The molecule has 0 fully saturated rings. The molecule has 15 heavy (non-hydrogen) atoms. The topological polar surface area (TPSA) is 24.9 Å². The molecule has 1 unspecified atom stereocenters. The molecule has 0 aliphatic rings. The quantitative estimate of drug-likeness (QED) is 0.804. The van der Waals surface area contributed by atoms with Crippen molar-refractivity contribution in [2.75, 3.05) is 13.1 Å². The minimum absolute atomic E-state index is 0.708. The van der Waals surface area contributed by atoms with Crippen molar-refractivity contribution in [3.63, 3.8) is 0 Å². The van der Waals surface area contributed by atoms with Crippen molar-refractivity contribution in [2.24, 2.45) is 5.92 Å². The number of hydrogen-bond acceptors (Lipinski definition) is 2. The van der Waals surface area contributed by atoms with E-state index in [0.29, 0.717) is 5.92 Å². The van der Waals surface area contributed by atoms with E-state index >= 15 is 0 Å². The summed E-state index contributed by atoms with van der Waals surface area (Å²) in [6.07, 6.45) is 6.11. The van der Waals surface area contributed by atoms with E-state index < -0.39 is 0 Å². The minimum Gasteiger partial charge on any atom is -0.317 e. The molecule has 1 atom stereocenters. The highest BCUT2D eigenvalue weighted by Crippen LogP contribution is 2.14. The number of nitrogens with zero attached hydrogens (tertiary/aromatic N) is 1. The van der Waals surface area contributed by atoms with Gasteiger partial charge in [-0.05, 0) is 59.4 Å². The van der Waals surface area contributed by atoms with Crippen LogP contribution in [-0.2, 0) is 6.42 Å². The standard InChI is InChI=1S/C12H19BrN2/c1-3-14-5-4-10(2)6-11-7-12(13)9-15-8-11/h7-10,14H,3-6H2,1-2H3. The van der Waals surface area contributed by atoms with Gasteiger partial charge in [-0.2, -0.15) is 0 Å². The smallest absolute Gasteiger partial charge is 0.0410 e. The Morgan fingerprint density at radius 1 is 1.47 bits per heavy atom. The van der Waals surface area contributed by atoms with E-state index in [9.17, 15) is 0 Å². The Morgan fingerprint density at radius 2 is 2.27 bits per heavy atom. The van der Waals surface area contributed by atoms with Crippen LogP contribution >= 0.6 is 15.9 Å². The van der Waals surface area contributed by atoms with Gasteiger partial charge in [0.15, 0.2) is 0 Å². The summed E-state index contributed by atoms with van der Waals surface area (Å²) in [5.74, 6) is 0.708. The lowest BCUT2D eigenvalue weighted by Gasteiger charge is -2.11. The summed E-state index contributed by atoms with van der Waals surface area (Å²) in [6.45, 7) is 6.60. The SMILES string of the molecule is CCNCCC(C)Cc1cncc(Br)c1. The molecule has 1 rings (SSSR count). The van der Waals surface area contributed by atoms with Crippen LogP contribution in [0, 0.1) is 5.92 Å². The Balaban J connectivity index is 2.34. The number of pyridine rings is 1. The highest BCUT2D eigenvalue weighted by Gasteiger charge is 2.03. The zero-order chi connectivity index (χ0) is 11.1. The second-order valence-electron chi connectivity index (χ2n) is 3.96. The van der Waals surface area contributed by atoms with E-state index in [2.05, 4.69) is 46.1 Å². The van der Waals surface area contributed by atoms with Crippen molar-refractivity contribution in [3.8, 4) is 0 Å². The van der Waals surface area contributed by atoms with Gasteiger partial charge in [0.25, 0.3) is 0 Å². The van der Waals surface area contributed by atoms with E-state index in [-0.39, 0.29) is 0 Å². The molecular formula is C12H19BrN2. The fourth-order valence-corrected chi connectivity index (χ4v) is 2.01. The first-order valence-corrected chi connectivity index (χ1v) is 6.31. The largest absolute Gasteiger partial charge is 0.317 e. The molecule has 1 heterocycles. The van der Waals surface area contributed by atoms with E-state index in [0.717, 1.165) is 24.0 Å². The van der Waals surface area contributed by atoms with Crippen molar-refractivity contribution in [1.29, 1.82) is 0 Å². The molecule has 0 aliphatic carbocycles. The molecule has 0 saturated heterocycles. The van der Waals surface area contributed by atoms with Gasteiger partial charge in [0.1, 0.15) is 0 Å². The molecule has 0 aliphatic heterocycles. The average Bonchev–Trinajstić information content (AvgIpc) is 2.18. The van der Waals surface area contributed by atoms with Crippen molar-refractivity contribution < 1.29 is 0 Å². The summed E-state index contributed by atoms with van der Waals surface area (Å²) in [7, 11) is 0. The van der Waals surface area contributed by atoms with Gasteiger partial charge in [0, 0.05) is 16.9 Å². The number of halogens is 1. The van der Waals surface area contributed by atoms with E-state index in [1.165, 1.54) is 12.0 Å². The van der Waals surface area contributed by atoms with Crippen molar-refractivity contribution in [1.82, 2.24) is 10.3 Å². The van der Waals surface area contributed by atoms with Crippen LogP contribution in [0.5, 0.6) is 0 Å². The average molecular weight is 271 g/mol. The van der Waals surface area contributed by atoms with Crippen LogP contribution in [0.1, 0.15) is 25.8 Å². The number of aromatic nitrogens is 1. The van der Waals surface area contributed by atoms with Gasteiger partial charge >= 0.3 is 0 Å². The molecule has 1 aromatic rings. The summed E-state index contributed by atoms with van der Waals surface area (Å²) < 4.78 is 1.07. The van der Waals surface area contributed by atoms with Crippen LogP contribution in [0.4, 0.5) is 0 Å². The lowest BCUT2D eigenvalue weighted by atomic mass is 9.99. The third kappa shape index (κ3) is 5.28. The fraction of sp³-hybridized carbons (Fsp3) is 0.583. The molecule has 2 nitrogen and oxygen atoms in total. The highest BCUT2D eigenvalue weighted by atomic mass is 79.9. The predicted octanol–water partition coefficient (Wildman–Crippen LogP) is 3.02. The monoisotopic (exact) mass is 270 g/mol. The van der Waals surface area contributed by atoms with Crippen LogP contribution in [0.25, 0.3) is 0 Å². The van der Waals surface area contributed by atoms with Crippen LogP contribution in [0.15, 0.2) is 22.9 Å². The Labute approximate surface area is 101 Å². The van der Waals surface area contributed by atoms with Crippen molar-refractivity contribution in [2.45, 2.75) is 26.7 Å². The zero-order valence-corrected chi connectivity index (χ0v) is 11.0. The molecule has 0 saturated carbocycles. The summed E-state index contributed by atoms with van der Waals surface area (Å²) in [5, 5.41) is 3.35. The van der Waals surface area contributed by atoms with Crippen LogP contribution < -0.4 is 5.32 Å². The van der Waals surface area contributed by atoms with E-state index in [4.69, 9.17) is 0 Å². The third-order valence-electron chi connectivity index (χ3n) is 2.41. The predicted molar refractivity (Wildman–Crippen MR) is 68.0 cm³/mol. The van der Waals surface area contributed by atoms with Gasteiger partial charge in [0.05, 0.1) is 0 Å². The molecule has 1 N–H and O–H groups in total. The normalized spacial score (nSPS) is 12.7. The maximum absolute atomic E-state index is 4.17. The number of rotatable bonds is 6. The Hall–Kier alpha value is -0.410. The number of hydrogen-bond donors (Lipinski definition) is 1. The Morgan fingerprint density at radius 3 is 2.93 bits per heavy atom. The molecular weight excluding hydrogens is 252 g/mol. The van der Waals surface area contributed by atoms with Crippen LogP contribution in [-0.4, -0.2) is 18.1 Å². The van der Waals surface area contributed by atoms with Gasteiger partial charge in [-0.25, -0.2) is 0 Å². The summed E-state index contributed by atoms with van der Waals surface area (Å²) in [6, 6.07) is 2.15. The van der Waals surface area contributed by atoms with Gasteiger partial charge in [-0.15, -0.1) is 0 Å². The number of nitrogens with one attached hydrogen (secondary N) is 1. The fourth-order valence-electron chi connectivity index (χ4n) is 1.60. The third-order valence-corrected chi connectivity index (χ3v) is 2.84. The minimum atomic E-state index is 0.708. The van der Waals surface area contributed by atoms with Gasteiger partial charge in [0.2, 0.25) is 0 Å². The summed E-state index contributed by atoms with van der Waals surface area (Å²) in [4.78, 5) is 4.17. The van der Waals surface area contributed by atoms with Gasteiger partial charge in [-0.1, -0.05) is 13.8 Å². The van der Waals surface area contributed by atoms with Gasteiger partial charge in [-0.3, -0.25) is 4.98 Å². The van der Waals surface area contributed by atoms with Crippen LogP contribution in [0.3, 0.4) is 0 Å². The summed E-state index contributed by atoms with van der Waals surface area (Å²) >= 11 is 3.44. The van der Waals surface area contributed by atoms with Crippen molar-refractivity contribution >= 4 is 15.9 Å². The molecule has 84 valence electrons. The molecule has 1 aromatic heterocycles. The maximum Gasteiger partial charge on any atom is 0.0410 e. The molecule has 0 bridgehead atoms. The highest BCUT2D eigenvalue weighted by molar-refractivity contribution is 9.10. The Kier molecular flexibility index (Phi) is 5.88. The molecule has 0 amide bonds. The van der Waals surface area contributed by atoms with Crippen LogP contribution in [0.2, 0.25) is 0 Å². The molecule has 0 spiro atoms. The lowest BCUT2D eigenvalue weighted by molar-refractivity contribution is 0.504. The second kappa shape index (κ2) is 6.96. The molecule has 0 aromatic carbocycles. The molecule has 0 radical (unpaired) electrons. The summed E-state index contributed by atoms with van der Waals surface area (Å²) in [5.41, 5.74) is 1.31. The van der Waals surface area contributed by atoms with Gasteiger partial charge < -0.3 is 5.32 Å². The van der Waals surface area contributed by atoms with E-state index in [1.807, 2.05) is 12.4 Å². The first-order valence-electron chi connectivity index (χ1n) is 5.52. The van der Waals surface area contributed by atoms with E-state index in [1.54, 1.807) is 0 Å². The Bertz CT molecular complexity index is 289. The maximum atomic E-state index is 4.17. The van der Waals surface area contributed by atoms with Crippen molar-refractivity contribution in [3.05, 3.63) is 28.5 Å². The lowest BCUT2D eigenvalue weighted by Crippen LogP contribution is -2.17. The second-order valence-corrected chi connectivity index (χ2v) is 4.88. The zero-order valence-electron chi connectivity index (χ0n) is 9.46.